The first-order chi connectivity index (χ1) is 10.8. The highest BCUT2D eigenvalue weighted by Crippen LogP contribution is 2.40. The van der Waals surface area contributed by atoms with E-state index in [2.05, 4.69) is 6.92 Å². The van der Waals surface area contributed by atoms with E-state index >= 15 is 0 Å². The summed E-state index contributed by atoms with van der Waals surface area (Å²) >= 11 is 0. The summed E-state index contributed by atoms with van der Waals surface area (Å²) < 4.78 is 5.47. The van der Waals surface area contributed by atoms with Crippen LogP contribution in [0.4, 0.5) is 0 Å². The van der Waals surface area contributed by atoms with Crippen LogP contribution < -0.4 is 4.74 Å². The van der Waals surface area contributed by atoms with Crippen LogP contribution in [0.2, 0.25) is 0 Å². The van der Waals surface area contributed by atoms with Gasteiger partial charge < -0.3 is 4.74 Å². The van der Waals surface area contributed by atoms with E-state index in [1.54, 1.807) is 0 Å². The van der Waals surface area contributed by atoms with Crippen molar-refractivity contribution >= 4 is 0 Å². The summed E-state index contributed by atoms with van der Waals surface area (Å²) in [5, 5.41) is 9.38. The molecule has 1 unspecified atom stereocenters. The van der Waals surface area contributed by atoms with Gasteiger partial charge in [-0.3, -0.25) is 5.26 Å². The summed E-state index contributed by atoms with van der Waals surface area (Å²) in [5.74, 6) is 2.16. The molecule has 1 aromatic carbocycles. The summed E-state index contributed by atoms with van der Waals surface area (Å²) in [6.07, 6.45) is 8.60. The molecule has 1 aromatic rings. The highest BCUT2D eigenvalue weighted by atomic mass is 17.1. The molecule has 0 spiro atoms. The second-order valence-corrected chi connectivity index (χ2v) is 6.45. The first-order valence-corrected chi connectivity index (χ1v) is 8.81. The predicted octanol–water partition coefficient (Wildman–Crippen LogP) is 5.61. The number of hydrogen-bond acceptors (Lipinski definition) is 3. The summed E-state index contributed by atoms with van der Waals surface area (Å²) in [6, 6.07) is 7.93. The Morgan fingerprint density at radius 1 is 1.09 bits per heavy atom. The van der Waals surface area contributed by atoms with Crippen LogP contribution in [0.5, 0.6) is 5.75 Å². The average molecular weight is 306 g/mol. The maximum atomic E-state index is 9.38. The van der Waals surface area contributed by atoms with Gasteiger partial charge in [0.15, 0.2) is 0 Å². The molecule has 2 rings (SSSR count). The first kappa shape index (κ1) is 17.3. The van der Waals surface area contributed by atoms with Gasteiger partial charge >= 0.3 is 0 Å². The molecular formula is C19H30O3. The van der Waals surface area contributed by atoms with Crippen LogP contribution in [0.3, 0.4) is 0 Å². The van der Waals surface area contributed by atoms with Gasteiger partial charge in [-0.2, -0.15) is 0 Å². The maximum Gasteiger partial charge on any atom is 0.120 e. The Morgan fingerprint density at radius 3 is 2.32 bits per heavy atom. The topological polar surface area (TPSA) is 38.7 Å². The third kappa shape index (κ3) is 4.72. The fraction of sp³-hybridized carbons (Fsp3) is 0.684. The van der Waals surface area contributed by atoms with Crippen LogP contribution in [0, 0.1) is 11.8 Å². The largest absolute Gasteiger partial charge is 0.494 e. The van der Waals surface area contributed by atoms with Crippen LogP contribution in [0.25, 0.3) is 0 Å². The van der Waals surface area contributed by atoms with Gasteiger partial charge in [0.25, 0.3) is 0 Å². The quantitative estimate of drug-likeness (QED) is 0.501. The zero-order valence-corrected chi connectivity index (χ0v) is 14.0. The van der Waals surface area contributed by atoms with Gasteiger partial charge in [0.1, 0.15) is 11.9 Å². The normalized spacial score (nSPS) is 23.2. The Labute approximate surface area is 134 Å². The second kappa shape index (κ2) is 9.16. The van der Waals surface area contributed by atoms with Gasteiger partial charge in [-0.25, -0.2) is 4.89 Å². The summed E-state index contributed by atoms with van der Waals surface area (Å²) in [6.45, 7) is 4.90. The molecule has 3 nitrogen and oxygen atoms in total. The molecule has 1 fully saturated rings. The van der Waals surface area contributed by atoms with E-state index in [9.17, 15) is 5.26 Å². The molecule has 1 aliphatic rings. The van der Waals surface area contributed by atoms with Crippen molar-refractivity contribution in [1.82, 2.24) is 0 Å². The number of ether oxygens (including phenoxy) is 1. The van der Waals surface area contributed by atoms with E-state index < -0.39 is 0 Å². The third-order valence-corrected chi connectivity index (χ3v) is 4.92. The zero-order valence-electron chi connectivity index (χ0n) is 14.0. The van der Waals surface area contributed by atoms with Crippen molar-refractivity contribution in [3.63, 3.8) is 0 Å². The monoisotopic (exact) mass is 306 g/mol. The Kier molecular flexibility index (Phi) is 7.20. The lowest BCUT2D eigenvalue weighted by molar-refractivity contribution is -0.296. The lowest BCUT2D eigenvalue weighted by atomic mass is 9.76. The minimum atomic E-state index is -0.206. The molecule has 1 atom stereocenters. The molecule has 124 valence electrons. The predicted molar refractivity (Wildman–Crippen MR) is 89.0 cm³/mol. The molecule has 1 saturated carbocycles. The maximum absolute atomic E-state index is 9.38. The SMILES string of the molecule is CCCCC1CCC(C(OO)c2ccc(OCC)cc2)CC1. The highest BCUT2D eigenvalue weighted by molar-refractivity contribution is 5.29. The molecule has 0 heterocycles. The van der Waals surface area contributed by atoms with Gasteiger partial charge in [0, 0.05) is 0 Å². The lowest BCUT2D eigenvalue weighted by Crippen LogP contribution is -2.22. The molecule has 0 saturated heterocycles. The van der Waals surface area contributed by atoms with Crippen molar-refractivity contribution < 1.29 is 14.9 Å². The summed E-state index contributed by atoms with van der Waals surface area (Å²) in [4.78, 5) is 4.85. The number of unbranched alkanes of at least 4 members (excludes halogenated alkanes) is 1. The van der Waals surface area contributed by atoms with Crippen molar-refractivity contribution in [2.75, 3.05) is 6.61 Å². The standard InChI is InChI=1S/C19H30O3/c1-3-5-6-15-7-9-16(10-8-15)19(22-20)17-11-13-18(14-12-17)21-4-2/h11-16,19-20H,3-10H2,1-2H3. The molecule has 3 heteroatoms. The fourth-order valence-electron chi connectivity index (χ4n) is 3.61. The van der Waals surface area contributed by atoms with Crippen molar-refractivity contribution in [3.8, 4) is 5.75 Å². The zero-order chi connectivity index (χ0) is 15.8. The van der Waals surface area contributed by atoms with Crippen molar-refractivity contribution in [2.24, 2.45) is 11.8 Å². The minimum absolute atomic E-state index is 0.206. The molecule has 1 N–H and O–H groups in total. The second-order valence-electron chi connectivity index (χ2n) is 6.45. The fourth-order valence-corrected chi connectivity index (χ4v) is 3.61. The molecule has 0 aliphatic heterocycles. The third-order valence-electron chi connectivity index (χ3n) is 4.92. The van der Waals surface area contributed by atoms with E-state index in [1.165, 1.54) is 32.1 Å². The molecule has 0 bridgehead atoms. The van der Waals surface area contributed by atoms with Crippen LogP contribution in [-0.2, 0) is 4.89 Å². The number of rotatable bonds is 8. The first-order valence-electron chi connectivity index (χ1n) is 8.81. The van der Waals surface area contributed by atoms with E-state index in [0.29, 0.717) is 12.5 Å². The molecule has 1 aliphatic carbocycles. The highest BCUT2D eigenvalue weighted by Gasteiger charge is 2.29. The summed E-state index contributed by atoms with van der Waals surface area (Å²) in [7, 11) is 0. The number of hydrogen-bond donors (Lipinski definition) is 1. The van der Waals surface area contributed by atoms with E-state index in [0.717, 1.165) is 30.1 Å². The van der Waals surface area contributed by atoms with Gasteiger partial charge in [0.05, 0.1) is 6.61 Å². The summed E-state index contributed by atoms with van der Waals surface area (Å²) in [5.41, 5.74) is 1.04. The van der Waals surface area contributed by atoms with E-state index in [1.807, 2.05) is 31.2 Å². The smallest absolute Gasteiger partial charge is 0.120 e. The molecule has 0 radical (unpaired) electrons. The lowest BCUT2D eigenvalue weighted by Gasteiger charge is -2.32. The van der Waals surface area contributed by atoms with Gasteiger partial charge in [-0.1, -0.05) is 51.2 Å². The van der Waals surface area contributed by atoms with Crippen LogP contribution in [0.15, 0.2) is 24.3 Å². The van der Waals surface area contributed by atoms with Crippen molar-refractivity contribution in [1.29, 1.82) is 0 Å². The Bertz CT molecular complexity index is 407. The van der Waals surface area contributed by atoms with Gasteiger partial charge in [-0.15, -0.1) is 0 Å². The minimum Gasteiger partial charge on any atom is -0.494 e. The van der Waals surface area contributed by atoms with Crippen LogP contribution >= 0.6 is 0 Å². The van der Waals surface area contributed by atoms with Crippen LogP contribution in [-0.4, -0.2) is 11.9 Å². The Balaban J connectivity index is 1.91. The molecule has 0 aromatic heterocycles. The van der Waals surface area contributed by atoms with Crippen LogP contribution in [0.1, 0.15) is 70.5 Å². The molecule has 22 heavy (non-hydrogen) atoms. The average Bonchev–Trinajstić information content (AvgIpc) is 2.56. The van der Waals surface area contributed by atoms with Crippen molar-refractivity contribution in [2.45, 2.75) is 64.9 Å². The van der Waals surface area contributed by atoms with Gasteiger partial charge in [0.2, 0.25) is 0 Å². The molecule has 0 amide bonds. The van der Waals surface area contributed by atoms with E-state index in [4.69, 9.17) is 9.62 Å². The Hall–Kier alpha value is -1.06. The Morgan fingerprint density at radius 2 is 1.77 bits per heavy atom. The number of benzene rings is 1. The van der Waals surface area contributed by atoms with Gasteiger partial charge in [-0.05, 0) is 49.3 Å². The molecular weight excluding hydrogens is 276 g/mol. The van der Waals surface area contributed by atoms with E-state index in [-0.39, 0.29) is 6.10 Å². The van der Waals surface area contributed by atoms with Crippen molar-refractivity contribution in [3.05, 3.63) is 29.8 Å².